The molecule has 88 valence electrons. The average Bonchev–Trinajstić information content (AvgIpc) is 2.60. The summed E-state index contributed by atoms with van der Waals surface area (Å²) in [5.41, 5.74) is 10.0. The summed E-state index contributed by atoms with van der Waals surface area (Å²) in [5.74, 6) is -1.28. The van der Waals surface area contributed by atoms with Crippen molar-refractivity contribution in [2.45, 2.75) is 12.6 Å². The van der Waals surface area contributed by atoms with Crippen molar-refractivity contribution < 1.29 is 14.7 Å². The van der Waals surface area contributed by atoms with E-state index in [1.165, 1.54) is 11.0 Å². The summed E-state index contributed by atoms with van der Waals surface area (Å²) in [5, 5.41) is 15.0. The van der Waals surface area contributed by atoms with Crippen molar-refractivity contribution in [1.29, 1.82) is 0 Å². The maximum absolute atomic E-state index is 11.2. The summed E-state index contributed by atoms with van der Waals surface area (Å²) < 4.78 is 1.22. The fraction of sp³-hybridized carbons (Fsp3) is 0.429. The van der Waals surface area contributed by atoms with Gasteiger partial charge in [-0.25, -0.2) is 9.67 Å². The first-order valence-electron chi connectivity index (χ1n) is 4.38. The standard InChI is InChI=1S/C7H12N6O3/c8-6(16)4(14)1-10-5(15)2-13-3-11-7(9)12-13/h3-4,14H,1-2H2,(H2,8,16)(H2,9,12)(H,10,15). The molecule has 0 spiro atoms. The molecule has 0 aliphatic heterocycles. The first-order valence-corrected chi connectivity index (χ1v) is 4.38. The quantitative estimate of drug-likeness (QED) is 0.417. The average molecular weight is 228 g/mol. The van der Waals surface area contributed by atoms with Crippen LogP contribution in [0.15, 0.2) is 6.33 Å². The van der Waals surface area contributed by atoms with Crippen LogP contribution in [0.5, 0.6) is 0 Å². The summed E-state index contributed by atoms with van der Waals surface area (Å²) >= 11 is 0. The minimum atomic E-state index is -1.40. The van der Waals surface area contributed by atoms with E-state index >= 15 is 0 Å². The zero-order valence-corrected chi connectivity index (χ0v) is 8.33. The minimum Gasteiger partial charge on any atom is -0.381 e. The topological polar surface area (TPSA) is 149 Å². The number of nitrogens with one attached hydrogen (secondary N) is 1. The van der Waals surface area contributed by atoms with E-state index in [0.29, 0.717) is 0 Å². The van der Waals surface area contributed by atoms with E-state index in [9.17, 15) is 9.59 Å². The van der Waals surface area contributed by atoms with Gasteiger partial charge in [0.1, 0.15) is 19.0 Å². The molecule has 0 aromatic carbocycles. The molecular weight excluding hydrogens is 216 g/mol. The van der Waals surface area contributed by atoms with Gasteiger partial charge < -0.3 is 21.9 Å². The molecule has 6 N–H and O–H groups in total. The van der Waals surface area contributed by atoms with Crippen molar-refractivity contribution in [3.8, 4) is 0 Å². The molecule has 2 amide bonds. The summed E-state index contributed by atoms with van der Waals surface area (Å²) in [7, 11) is 0. The second-order valence-corrected chi connectivity index (χ2v) is 3.02. The molecule has 9 heteroatoms. The number of carbonyl (C=O) groups is 2. The molecule has 0 radical (unpaired) electrons. The molecule has 9 nitrogen and oxygen atoms in total. The molecule has 1 unspecified atom stereocenters. The Morgan fingerprint density at radius 1 is 1.62 bits per heavy atom. The van der Waals surface area contributed by atoms with Crippen molar-refractivity contribution in [2.75, 3.05) is 12.3 Å². The molecule has 1 aromatic rings. The normalized spacial score (nSPS) is 12.1. The Kier molecular flexibility index (Phi) is 3.78. The predicted molar refractivity (Wildman–Crippen MR) is 52.6 cm³/mol. The van der Waals surface area contributed by atoms with Gasteiger partial charge in [0.2, 0.25) is 17.8 Å². The molecule has 1 atom stereocenters. The van der Waals surface area contributed by atoms with E-state index < -0.39 is 17.9 Å². The van der Waals surface area contributed by atoms with Crippen LogP contribution in [0.1, 0.15) is 0 Å². The lowest BCUT2D eigenvalue weighted by atomic mass is 10.3. The van der Waals surface area contributed by atoms with E-state index in [1.54, 1.807) is 0 Å². The van der Waals surface area contributed by atoms with E-state index in [1.807, 2.05) is 0 Å². The van der Waals surface area contributed by atoms with Gasteiger partial charge in [-0.1, -0.05) is 0 Å². The Bertz CT molecular complexity index is 389. The van der Waals surface area contributed by atoms with Crippen LogP contribution in [0.25, 0.3) is 0 Å². The lowest BCUT2D eigenvalue weighted by Crippen LogP contribution is -2.41. The van der Waals surface area contributed by atoms with Crippen molar-refractivity contribution in [3.63, 3.8) is 0 Å². The number of primary amides is 1. The predicted octanol–water partition coefficient (Wildman–Crippen LogP) is -3.18. The number of hydrogen-bond acceptors (Lipinski definition) is 6. The smallest absolute Gasteiger partial charge is 0.248 e. The highest BCUT2D eigenvalue weighted by atomic mass is 16.3. The van der Waals surface area contributed by atoms with Crippen molar-refractivity contribution in [3.05, 3.63) is 6.33 Å². The van der Waals surface area contributed by atoms with Gasteiger partial charge in [-0.05, 0) is 0 Å². The molecule has 0 saturated heterocycles. The van der Waals surface area contributed by atoms with Crippen molar-refractivity contribution in [2.24, 2.45) is 5.73 Å². The molecule has 0 saturated carbocycles. The summed E-state index contributed by atoms with van der Waals surface area (Å²) in [6, 6.07) is 0. The van der Waals surface area contributed by atoms with Crippen LogP contribution in [0.4, 0.5) is 5.95 Å². The molecule has 1 rings (SSSR count). The number of aliphatic hydroxyl groups excluding tert-OH is 1. The number of anilines is 1. The number of hydrogen-bond donors (Lipinski definition) is 4. The fourth-order valence-corrected chi connectivity index (χ4v) is 0.899. The van der Waals surface area contributed by atoms with Gasteiger partial charge in [-0.2, -0.15) is 0 Å². The van der Waals surface area contributed by atoms with Crippen LogP contribution in [0.3, 0.4) is 0 Å². The van der Waals surface area contributed by atoms with Crippen LogP contribution in [0, 0.1) is 0 Å². The molecule has 0 aliphatic rings. The third-order valence-corrected chi connectivity index (χ3v) is 1.68. The zero-order valence-electron chi connectivity index (χ0n) is 8.33. The molecule has 0 bridgehead atoms. The number of nitrogen functional groups attached to an aromatic ring is 1. The van der Waals surface area contributed by atoms with Crippen LogP contribution >= 0.6 is 0 Å². The fourth-order valence-electron chi connectivity index (χ4n) is 0.899. The molecule has 0 aliphatic carbocycles. The number of nitrogens with zero attached hydrogens (tertiary/aromatic N) is 3. The van der Waals surface area contributed by atoms with Crippen molar-refractivity contribution in [1.82, 2.24) is 20.1 Å². The lowest BCUT2D eigenvalue weighted by molar-refractivity contribution is -0.127. The second kappa shape index (κ2) is 5.07. The van der Waals surface area contributed by atoms with Crippen LogP contribution in [-0.4, -0.2) is 44.3 Å². The first kappa shape index (κ1) is 11.9. The summed E-state index contributed by atoms with van der Waals surface area (Å²) in [4.78, 5) is 25.3. The Morgan fingerprint density at radius 3 is 2.81 bits per heavy atom. The van der Waals surface area contributed by atoms with Gasteiger partial charge in [0, 0.05) is 0 Å². The molecular formula is C7H12N6O3. The maximum atomic E-state index is 11.2. The van der Waals surface area contributed by atoms with Crippen LogP contribution < -0.4 is 16.8 Å². The van der Waals surface area contributed by atoms with Gasteiger partial charge in [-0.15, -0.1) is 5.10 Å². The third kappa shape index (κ3) is 3.53. The van der Waals surface area contributed by atoms with Gasteiger partial charge in [0.25, 0.3) is 0 Å². The Morgan fingerprint density at radius 2 is 2.31 bits per heavy atom. The highest BCUT2D eigenvalue weighted by Crippen LogP contribution is 1.89. The van der Waals surface area contributed by atoms with Crippen molar-refractivity contribution >= 4 is 17.8 Å². The molecule has 0 fully saturated rings. The Balaban J connectivity index is 2.34. The largest absolute Gasteiger partial charge is 0.381 e. The Hall–Kier alpha value is -2.16. The first-order chi connectivity index (χ1) is 7.49. The van der Waals surface area contributed by atoms with Crippen LogP contribution in [0.2, 0.25) is 0 Å². The maximum Gasteiger partial charge on any atom is 0.248 e. The number of amides is 2. The third-order valence-electron chi connectivity index (χ3n) is 1.68. The van der Waals surface area contributed by atoms with Gasteiger partial charge >= 0.3 is 0 Å². The monoisotopic (exact) mass is 228 g/mol. The number of nitrogens with two attached hydrogens (primary N) is 2. The number of aliphatic hydroxyl groups is 1. The van der Waals surface area contributed by atoms with Gasteiger partial charge in [0.05, 0.1) is 6.54 Å². The number of aromatic nitrogens is 3. The van der Waals surface area contributed by atoms with E-state index in [2.05, 4.69) is 15.4 Å². The minimum absolute atomic E-state index is 0.0602. The zero-order chi connectivity index (χ0) is 12.1. The van der Waals surface area contributed by atoms with Gasteiger partial charge in [0.15, 0.2) is 0 Å². The Labute approximate surface area is 90.4 Å². The highest BCUT2D eigenvalue weighted by molar-refractivity contribution is 5.80. The SMILES string of the molecule is NC(=O)C(O)CNC(=O)Cn1cnc(N)n1. The summed E-state index contributed by atoms with van der Waals surface area (Å²) in [6.07, 6.45) is -0.107. The van der Waals surface area contributed by atoms with E-state index in [4.69, 9.17) is 16.6 Å². The highest BCUT2D eigenvalue weighted by Gasteiger charge is 2.12. The molecule has 1 heterocycles. The second-order valence-electron chi connectivity index (χ2n) is 3.02. The number of carbonyl (C=O) groups excluding carboxylic acids is 2. The lowest BCUT2D eigenvalue weighted by Gasteiger charge is -2.07. The summed E-state index contributed by atoms with van der Waals surface area (Å²) in [6.45, 7) is -0.339. The van der Waals surface area contributed by atoms with E-state index in [-0.39, 0.29) is 19.0 Å². The molecule has 16 heavy (non-hydrogen) atoms. The van der Waals surface area contributed by atoms with Crippen LogP contribution in [-0.2, 0) is 16.1 Å². The van der Waals surface area contributed by atoms with Gasteiger partial charge in [-0.3, -0.25) is 9.59 Å². The number of rotatable bonds is 5. The molecule has 1 aromatic heterocycles. The van der Waals surface area contributed by atoms with E-state index in [0.717, 1.165) is 0 Å².